The Kier molecular flexibility index (Phi) is 3.38. The fraction of sp³-hybridized carbons (Fsp3) is 0.0833. The first-order valence-corrected chi connectivity index (χ1v) is 6.00. The van der Waals surface area contributed by atoms with Gasteiger partial charge in [0.1, 0.15) is 4.88 Å². The molecular weight excluding hydrogens is 252 g/mol. The van der Waals surface area contributed by atoms with E-state index >= 15 is 0 Å². The zero-order valence-corrected chi connectivity index (χ0v) is 10.3. The van der Waals surface area contributed by atoms with Gasteiger partial charge in [-0.2, -0.15) is 0 Å². The van der Waals surface area contributed by atoms with Crippen LogP contribution in [-0.2, 0) is 0 Å². The molecule has 0 unspecified atom stereocenters. The number of anilines is 1. The average molecular weight is 262 g/mol. The number of hydrogen-bond donors (Lipinski definition) is 2. The molecule has 0 atom stereocenters. The summed E-state index contributed by atoms with van der Waals surface area (Å²) in [7, 11) is 0. The molecule has 2 rings (SSSR count). The minimum atomic E-state index is -0.994. The summed E-state index contributed by atoms with van der Waals surface area (Å²) in [5.41, 5.74) is 3.03. The number of carbonyl (C=O) groups excluding carboxylic acids is 1. The number of nitrogens with zero attached hydrogens (tertiary/aromatic N) is 1. The number of aromatic nitrogens is 1. The smallest absolute Gasteiger partial charge is 0.335 e. The molecule has 6 heteroatoms. The molecule has 0 aliphatic heterocycles. The van der Waals surface area contributed by atoms with Crippen molar-refractivity contribution in [3.63, 3.8) is 0 Å². The number of nitrogens with one attached hydrogen (secondary N) is 1. The topological polar surface area (TPSA) is 79.3 Å². The Bertz CT molecular complexity index is 590. The predicted molar refractivity (Wildman–Crippen MR) is 68.2 cm³/mol. The second-order valence-electron chi connectivity index (χ2n) is 3.60. The molecule has 2 aromatic rings. The van der Waals surface area contributed by atoms with Gasteiger partial charge in [-0.15, -0.1) is 11.3 Å². The molecular formula is C12H10N2O3S. The van der Waals surface area contributed by atoms with Crippen LogP contribution in [-0.4, -0.2) is 22.0 Å². The molecule has 0 fully saturated rings. The summed E-state index contributed by atoms with van der Waals surface area (Å²) < 4.78 is 0. The lowest BCUT2D eigenvalue weighted by Gasteiger charge is -2.04. The van der Waals surface area contributed by atoms with Crippen molar-refractivity contribution in [2.45, 2.75) is 6.92 Å². The number of benzene rings is 1. The lowest BCUT2D eigenvalue weighted by Crippen LogP contribution is -2.11. The first-order chi connectivity index (χ1) is 8.58. The second-order valence-corrected chi connectivity index (χ2v) is 4.46. The summed E-state index contributed by atoms with van der Waals surface area (Å²) in [5, 5.41) is 11.4. The summed E-state index contributed by atoms with van der Waals surface area (Å²) in [6.07, 6.45) is 0. The summed E-state index contributed by atoms with van der Waals surface area (Å²) in [4.78, 5) is 27.1. The number of amides is 1. The predicted octanol–water partition coefficient (Wildman–Crippen LogP) is 2.40. The molecule has 1 amide bonds. The molecule has 1 aromatic heterocycles. The monoisotopic (exact) mass is 262 g/mol. The van der Waals surface area contributed by atoms with E-state index in [1.54, 1.807) is 24.6 Å². The standard InChI is InChI=1S/C12H10N2O3S/c1-7-10(18-6-13-7)11(15)14-9-4-2-8(3-5-9)12(16)17/h2-6H,1H3,(H,14,15)(H,16,17). The van der Waals surface area contributed by atoms with Gasteiger partial charge in [0.25, 0.3) is 5.91 Å². The number of aryl methyl sites for hydroxylation is 1. The molecule has 5 nitrogen and oxygen atoms in total. The van der Waals surface area contributed by atoms with Gasteiger partial charge in [0.05, 0.1) is 16.8 Å². The van der Waals surface area contributed by atoms with E-state index in [9.17, 15) is 9.59 Å². The van der Waals surface area contributed by atoms with Crippen molar-refractivity contribution in [1.82, 2.24) is 4.98 Å². The lowest BCUT2D eigenvalue weighted by atomic mass is 10.2. The van der Waals surface area contributed by atoms with Gasteiger partial charge in [0.2, 0.25) is 0 Å². The first-order valence-electron chi connectivity index (χ1n) is 5.12. The maximum absolute atomic E-state index is 11.9. The van der Waals surface area contributed by atoms with Crippen LogP contribution in [0.5, 0.6) is 0 Å². The minimum absolute atomic E-state index is 0.182. The molecule has 2 N–H and O–H groups in total. The quantitative estimate of drug-likeness (QED) is 0.890. The Morgan fingerprint density at radius 3 is 2.44 bits per heavy atom. The third-order valence-electron chi connectivity index (χ3n) is 2.34. The van der Waals surface area contributed by atoms with Gasteiger partial charge in [-0.3, -0.25) is 4.79 Å². The number of carbonyl (C=O) groups is 2. The van der Waals surface area contributed by atoms with Crippen LogP contribution in [0.1, 0.15) is 25.7 Å². The third-order valence-corrected chi connectivity index (χ3v) is 3.27. The highest BCUT2D eigenvalue weighted by Crippen LogP contribution is 2.16. The highest BCUT2D eigenvalue weighted by Gasteiger charge is 2.12. The van der Waals surface area contributed by atoms with Crippen molar-refractivity contribution >= 4 is 28.9 Å². The molecule has 1 heterocycles. The molecule has 0 spiro atoms. The Morgan fingerprint density at radius 2 is 1.94 bits per heavy atom. The van der Waals surface area contributed by atoms with Gasteiger partial charge >= 0.3 is 5.97 Å². The molecule has 0 bridgehead atoms. The maximum Gasteiger partial charge on any atom is 0.335 e. The average Bonchev–Trinajstić information content (AvgIpc) is 2.76. The fourth-order valence-electron chi connectivity index (χ4n) is 1.40. The van der Waals surface area contributed by atoms with Crippen LogP contribution in [0.4, 0.5) is 5.69 Å². The molecule has 0 saturated carbocycles. The van der Waals surface area contributed by atoms with Crippen molar-refractivity contribution in [2.75, 3.05) is 5.32 Å². The van der Waals surface area contributed by atoms with Gasteiger partial charge in [-0.05, 0) is 31.2 Å². The molecule has 1 aromatic carbocycles. The van der Waals surface area contributed by atoms with Gasteiger partial charge in [0.15, 0.2) is 0 Å². The SMILES string of the molecule is Cc1ncsc1C(=O)Nc1ccc(C(=O)O)cc1. The van der Waals surface area contributed by atoms with Crippen molar-refractivity contribution in [3.8, 4) is 0 Å². The summed E-state index contributed by atoms with van der Waals surface area (Å²) in [6.45, 7) is 1.76. The Morgan fingerprint density at radius 1 is 1.28 bits per heavy atom. The second kappa shape index (κ2) is 4.97. The zero-order valence-electron chi connectivity index (χ0n) is 9.51. The van der Waals surface area contributed by atoms with E-state index in [1.165, 1.54) is 23.5 Å². The van der Waals surface area contributed by atoms with Crippen LogP contribution in [0.2, 0.25) is 0 Å². The molecule has 92 valence electrons. The Hall–Kier alpha value is -2.21. The first kappa shape index (κ1) is 12.3. The Balaban J connectivity index is 2.13. The van der Waals surface area contributed by atoms with Crippen LogP contribution in [0.15, 0.2) is 29.8 Å². The van der Waals surface area contributed by atoms with Crippen LogP contribution < -0.4 is 5.32 Å². The van der Waals surface area contributed by atoms with Crippen LogP contribution >= 0.6 is 11.3 Å². The number of carboxylic acid groups (broad SMARTS) is 1. The van der Waals surface area contributed by atoms with Gasteiger partial charge in [-0.25, -0.2) is 9.78 Å². The summed E-state index contributed by atoms with van der Waals surface area (Å²) in [5.74, 6) is -1.23. The molecule has 0 radical (unpaired) electrons. The summed E-state index contributed by atoms with van der Waals surface area (Å²) in [6, 6.07) is 5.99. The van der Waals surface area contributed by atoms with E-state index in [4.69, 9.17) is 5.11 Å². The van der Waals surface area contributed by atoms with Gasteiger partial charge in [0, 0.05) is 5.69 Å². The third kappa shape index (κ3) is 2.54. The van der Waals surface area contributed by atoms with Crippen LogP contribution in [0.25, 0.3) is 0 Å². The molecule has 0 aliphatic rings. The van der Waals surface area contributed by atoms with Crippen molar-refractivity contribution in [2.24, 2.45) is 0 Å². The number of aromatic carboxylic acids is 1. The molecule has 0 saturated heterocycles. The van der Waals surface area contributed by atoms with Crippen molar-refractivity contribution < 1.29 is 14.7 Å². The van der Waals surface area contributed by atoms with E-state index in [-0.39, 0.29) is 11.5 Å². The lowest BCUT2D eigenvalue weighted by molar-refractivity contribution is 0.0696. The molecule has 18 heavy (non-hydrogen) atoms. The van der Waals surface area contributed by atoms with Crippen LogP contribution in [0.3, 0.4) is 0 Å². The van der Waals surface area contributed by atoms with Gasteiger partial charge in [-0.1, -0.05) is 0 Å². The van der Waals surface area contributed by atoms with Crippen molar-refractivity contribution in [1.29, 1.82) is 0 Å². The van der Waals surface area contributed by atoms with Crippen molar-refractivity contribution in [3.05, 3.63) is 45.9 Å². The van der Waals surface area contributed by atoms with E-state index in [1.807, 2.05) is 0 Å². The highest BCUT2D eigenvalue weighted by molar-refractivity contribution is 7.12. The Labute approximate surface area is 107 Å². The van der Waals surface area contributed by atoms with E-state index < -0.39 is 5.97 Å². The van der Waals surface area contributed by atoms with E-state index in [0.29, 0.717) is 16.3 Å². The fourth-order valence-corrected chi connectivity index (χ4v) is 2.10. The number of thiazole rings is 1. The number of carboxylic acids is 1. The highest BCUT2D eigenvalue weighted by atomic mass is 32.1. The minimum Gasteiger partial charge on any atom is -0.478 e. The van der Waals surface area contributed by atoms with E-state index in [2.05, 4.69) is 10.3 Å². The van der Waals surface area contributed by atoms with Crippen LogP contribution in [0, 0.1) is 6.92 Å². The zero-order chi connectivity index (χ0) is 13.1. The summed E-state index contributed by atoms with van der Waals surface area (Å²) >= 11 is 1.27. The van der Waals surface area contributed by atoms with Gasteiger partial charge < -0.3 is 10.4 Å². The largest absolute Gasteiger partial charge is 0.478 e. The normalized spacial score (nSPS) is 10.1. The maximum atomic E-state index is 11.9. The number of rotatable bonds is 3. The van der Waals surface area contributed by atoms with E-state index in [0.717, 1.165) is 0 Å². The number of hydrogen-bond acceptors (Lipinski definition) is 4. The molecule has 0 aliphatic carbocycles.